The van der Waals surface area contributed by atoms with Gasteiger partial charge in [-0.1, -0.05) is 0 Å². The number of carbonyl (C=O) groups excluding carboxylic acids is 2. The van der Waals surface area contributed by atoms with E-state index in [1.54, 1.807) is 18.0 Å². The first-order valence-electron chi connectivity index (χ1n) is 6.71. The third kappa shape index (κ3) is 2.39. The maximum atomic E-state index is 12.4. The van der Waals surface area contributed by atoms with Crippen LogP contribution in [0.3, 0.4) is 0 Å². The molecule has 0 unspecified atom stereocenters. The van der Waals surface area contributed by atoms with Crippen LogP contribution in [0, 0.1) is 6.92 Å². The van der Waals surface area contributed by atoms with E-state index in [4.69, 9.17) is 0 Å². The lowest BCUT2D eigenvalue weighted by Gasteiger charge is -2.30. The molecule has 8 heteroatoms. The highest BCUT2D eigenvalue weighted by Crippen LogP contribution is 2.17. The standard InChI is InChI=1S/C13H16N6O2/c1-8-6-10(17-16-8)15-12(20)11-9(7-14-18(11)2)13(21)19-4-3-5-19/h6-7H,3-5H2,1-2H3,(H2,15,16,17,20). The summed E-state index contributed by atoms with van der Waals surface area (Å²) in [5.41, 5.74) is 1.40. The SMILES string of the molecule is Cc1cc(NC(=O)c2c(C(=O)N3CCC3)cnn2C)n[nH]1. The molecule has 0 bridgehead atoms. The van der Waals surface area contributed by atoms with Crippen molar-refractivity contribution in [2.75, 3.05) is 18.4 Å². The maximum Gasteiger partial charge on any atom is 0.275 e. The van der Waals surface area contributed by atoms with E-state index in [1.165, 1.54) is 10.9 Å². The van der Waals surface area contributed by atoms with Gasteiger partial charge in [0.05, 0.1) is 11.8 Å². The summed E-state index contributed by atoms with van der Waals surface area (Å²) in [6.07, 6.45) is 2.44. The Morgan fingerprint density at radius 2 is 2.14 bits per heavy atom. The Morgan fingerprint density at radius 3 is 2.71 bits per heavy atom. The minimum absolute atomic E-state index is 0.155. The molecular formula is C13H16N6O2. The summed E-state index contributed by atoms with van der Waals surface area (Å²) in [5.74, 6) is -0.135. The van der Waals surface area contributed by atoms with Gasteiger partial charge in [0, 0.05) is 31.9 Å². The highest BCUT2D eigenvalue weighted by molar-refractivity contribution is 6.10. The molecule has 1 aliphatic heterocycles. The number of aromatic nitrogens is 4. The Bertz CT molecular complexity index is 697. The molecule has 2 amide bonds. The maximum absolute atomic E-state index is 12.4. The predicted octanol–water partition coefficient (Wildman–Crippen LogP) is 0.550. The van der Waals surface area contributed by atoms with Crippen LogP contribution in [-0.4, -0.2) is 49.8 Å². The summed E-state index contributed by atoms with van der Waals surface area (Å²) < 4.78 is 1.40. The number of aromatic amines is 1. The first kappa shape index (κ1) is 13.3. The van der Waals surface area contributed by atoms with Gasteiger partial charge in [-0.25, -0.2) is 0 Å². The van der Waals surface area contributed by atoms with Crippen LogP contribution in [0.2, 0.25) is 0 Å². The third-order valence-electron chi connectivity index (χ3n) is 3.48. The van der Waals surface area contributed by atoms with E-state index in [0.717, 1.165) is 25.2 Å². The van der Waals surface area contributed by atoms with Gasteiger partial charge in [-0.2, -0.15) is 10.2 Å². The van der Waals surface area contributed by atoms with Gasteiger partial charge in [0.1, 0.15) is 5.69 Å². The van der Waals surface area contributed by atoms with Gasteiger partial charge in [0.25, 0.3) is 11.8 Å². The van der Waals surface area contributed by atoms with Gasteiger partial charge in [-0.3, -0.25) is 19.4 Å². The smallest absolute Gasteiger partial charge is 0.275 e. The van der Waals surface area contributed by atoms with Crippen LogP contribution in [0.1, 0.15) is 33.0 Å². The molecule has 0 radical (unpaired) electrons. The number of aryl methyl sites for hydroxylation is 2. The molecule has 2 N–H and O–H groups in total. The number of rotatable bonds is 3. The normalized spacial score (nSPS) is 13.9. The van der Waals surface area contributed by atoms with Crippen molar-refractivity contribution < 1.29 is 9.59 Å². The van der Waals surface area contributed by atoms with Crippen molar-refractivity contribution in [2.24, 2.45) is 7.05 Å². The monoisotopic (exact) mass is 288 g/mol. The van der Waals surface area contributed by atoms with Crippen LogP contribution in [-0.2, 0) is 7.05 Å². The van der Waals surface area contributed by atoms with Crippen LogP contribution < -0.4 is 5.32 Å². The third-order valence-corrected chi connectivity index (χ3v) is 3.48. The van der Waals surface area contributed by atoms with Gasteiger partial charge in [0.15, 0.2) is 5.82 Å². The molecule has 3 heterocycles. The largest absolute Gasteiger partial charge is 0.338 e. The number of nitrogens with one attached hydrogen (secondary N) is 2. The Kier molecular flexibility index (Phi) is 3.20. The average Bonchev–Trinajstić information content (AvgIpc) is 2.93. The summed E-state index contributed by atoms with van der Waals surface area (Å²) in [6, 6.07) is 1.71. The zero-order chi connectivity index (χ0) is 15.0. The van der Waals surface area contributed by atoms with E-state index in [0.29, 0.717) is 11.4 Å². The number of nitrogens with zero attached hydrogens (tertiary/aromatic N) is 4. The second-order valence-corrected chi connectivity index (χ2v) is 5.07. The highest BCUT2D eigenvalue weighted by Gasteiger charge is 2.28. The number of hydrogen-bond donors (Lipinski definition) is 2. The molecule has 110 valence electrons. The lowest BCUT2D eigenvalue weighted by atomic mass is 10.1. The van der Waals surface area contributed by atoms with Crippen LogP contribution in [0.15, 0.2) is 12.3 Å². The first-order valence-corrected chi connectivity index (χ1v) is 6.71. The fraction of sp³-hybridized carbons (Fsp3) is 0.385. The molecule has 21 heavy (non-hydrogen) atoms. The van der Waals surface area contributed by atoms with Crippen LogP contribution >= 0.6 is 0 Å². The van der Waals surface area contributed by atoms with Gasteiger partial charge >= 0.3 is 0 Å². The number of hydrogen-bond acceptors (Lipinski definition) is 4. The second-order valence-electron chi connectivity index (χ2n) is 5.07. The van der Waals surface area contributed by atoms with Crippen molar-refractivity contribution in [1.82, 2.24) is 24.9 Å². The molecular weight excluding hydrogens is 272 g/mol. The molecule has 1 aliphatic rings. The summed E-state index contributed by atoms with van der Waals surface area (Å²) >= 11 is 0. The molecule has 0 spiro atoms. The van der Waals surface area contributed by atoms with Gasteiger partial charge < -0.3 is 10.2 Å². The van der Waals surface area contributed by atoms with Crippen molar-refractivity contribution in [3.05, 3.63) is 29.2 Å². The molecule has 8 nitrogen and oxygen atoms in total. The van der Waals surface area contributed by atoms with Crippen molar-refractivity contribution >= 4 is 17.6 Å². The lowest BCUT2D eigenvalue weighted by Crippen LogP contribution is -2.42. The molecule has 0 aliphatic carbocycles. The fourth-order valence-electron chi connectivity index (χ4n) is 2.21. The number of anilines is 1. The molecule has 0 atom stereocenters. The zero-order valence-electron chi connectivity index (χ0n) is 11.9. The molecule has 1 fully saturated rings. The lowest BCUT2D eigenvalue weighted by molar-refractivity contribution is 0.0648. The molecule has 3 rings (SSSR count). The van der Waals surface area contributed by atoms with Gasteiger partial charge in [0.2, 0.25) is 0 Å². The number of likely N-dealkylation sites (tertiary alicyclic amines) is 1. The van der Waals surface area contributed by atoms with Crippen molar-refractivity contribution in [1.29, 1.82) is 0 Å². The Labute approximate surface area is 121 Å². The Balaban J connectivity index is 1.85. The topological polar surface area (TPSA) is 95.9 Å². The average molecular weight is 288 g/mol. The number of carbonyl (C=O) groups is 2. The molecule has 0 saturated carbocycles. The first-order chi connectivity index (χ1) is 10.1. The number of amides is 2. The fourth-order valence-corrected chi connectivity index (χ4v) is 2.21. The second kappa shape index (κ2) is 5.04. The van der Waals surface area contributed by atoms with E-state index < -0.39 is 5.91 Å². The molecule has 0 aromatic carbocycles. The van der Waals surface area contributed by atoms with Crippen LogP contribution in [0.5, 0.6) is 0 Å². The summed E-state index contributed by atoms with van der Waals surface area (Å²) in [6.45, 7) is 3.30. The van der Waals surface area contributed by atoms with Gasteiger partial charge in [-0.05, 0) is 13.3 Å². The van der Waals surface area contributed by atoms with Crippen LogP contribution in [0.4, 0.5) is 5.82 Å². The summed E-state index contributed by atoms with van der Waals surface area (Å²) in [7, 11) is 1.64. The molecule has 2 aromatic rings. The Morgan fingerprint density at radius 1 is 1.38 bits per heavy atom. The summed E-state index contributed by atoms with van der Waals surface area (Å²) in [4.78, 5) is 26.4. The van der Waals surface area contributed by atoms with Crippen molar-refractivity contribution in [3.63, 3.8) is 0 Å². The van der Waals surface area contributed by atoms with Crippen LogP contribution in [0.25, 0.3) is 0 Å². The van der Waals surface area contributed by atoms with E-state index >= 15 is 0 Å². The predicted molar refractivity (Wildman–Crippen MR) is 75.0 cm³/mol. The van der Waals surface area contributed by atoms with E-state index in [2.05, 4.69) is 20.6 Å². The van der Waals surface area contributed by atoms with E-state index in [1.807, 2.05) is 6.92 Å². The minimum Gasteiger partial charge on any atom is -0.338 e. The Hall–Kier alpha value is -2.64. The minimum atomic E-state index is -0.398. The zero-order valence-corrected chi connectivity index (χ0v) is 11.9. The highest BCUT2D eigenvalue weighted by atomic mass is 16.2. The van der Waals surface area contributed by atoms with Crippen molar-refractivity contribution in [3.8, 4) is 0 Å². The van der Waals surface area contributed by atoms with Crippen molar-refractivity contribution in [2.45, 2.75) is 13.3 Å². The van der Waals surface area contributed by atoms with Gasteiger partial charge in [-0.15, -0.1) is 0 Å². The quantitative estimate of drug-likeness (QED) is 0.862. The van der Waals surface area contributed by atoms with E-state index in [-0.39, 0.29) is 11.6 Å². The summed E-state index contributed by atoms with van der Waals surface area (Å²) in [5, 5.41) is 13.4. The molecule has 2 aromatic heterocycles. The number of H-pyrrole nitrogens is 1. The molecule has 1 saturated heterocycles. The van der Waals surface area contributed by atoms with E-state index in [9.17, 15) is 9.59 Å².